The Bertz CT molecular complexity index is 2690. The fourth-order valence-corrected chi connectivity index (χ4v) is 8.35. The average molecular weight is 805 g/mol. The fourth-order valence-electron chi connectivity index (χ4n) is 8.35. The normalized spacial score (nSPS) is 11.2. The molecule has 4 N–H and O–H groups in total. The van der Waals surface area contributed by atoms with Gasteiger partial charge in [0.25, 0.3) is 0 Å². The second kappa shape index (κ2) is 16.2. The van der Waals surface area contributed by atoms with Crippen molar-refractivity contribution < 1.29 is 0 Å². The van der Waals surface area contributed by atoms with Gasteiger partial charge in [-0.2, -0.15) is 0 Å². The largest absolute Gasteiger partial charge is 0.359 e. The van der Waals surface area contributed by atoms with Crippen LogP contribution in [0.5, 0.6) is 0 Å². The third-order valence-corrected chi connectivity index (χ3v) is 11.7. The van der Waals surface area contributed by atoms with Crippen molar-refractivity contribution in [2.75, 3.05) is 9.80 Å². The highest BCUT2D eigenvalue weighted by atomic mass is 15.1. The summed E-state index contributed by atoms with van der Waals surface area (Å²) in [6.45, 7) is 8.34. The number of rotatable bonds is 11. The summed E-state index contributed by atoms with van der Waals surface area (Å²) in [7, 11) is 0. The zero-order chi connectivity index (χ0) is 42.2. The highest BCUT2D eigenvalue weighted by Gasteiger charge is 2.17. The van der Waals surface area contributed by atoms with E-state index in [1.54, 1.807) is 0 Å². The number of nitrogens with zero attached hydrogens (tertiary/aromatic N) is 2. The van der Waals surface area contributed by atoms with Crippen molar-refractivity contribution >= 4 is 34.1 Å². The van der Waals surface area contributed by atoms with E-state index in [0.29, 0.717) is 0 Å². The van der Waals surface area contributed by atoms with Gasteiger partial charge in [0.15, 0.2) is 0 Å². The summed E-state index contributed by atoms with van der Waals surface area (Å²) in [6.07, 6.45) is 0. The summed E-state index contributed by atoms with van der Waals surface area (Å²) in [5.41, 5.74) is 22.5. The van der Waals surface area contributed by atoms with Crippen molar-refractivity contribution in [3.8, 4) is 56.2 Å². The molecule has 0 bridgehead atoms. The number of aromatic amines is 4. The first-order chi connectivity index (χ1) is 30.3. The van der Waals surface area contributed by atoms with Gasteiger partial charge < -0.3 is 29.7 Å². The van der Waals surface area contributed by atoms with Gasteiger partial charge in [0.2, 0.25) is 0 Å². The second-order valence-electron chi connectivity index (χ2n) is 16.2. The molecule has 0 atom stereocenters. The average Bonchev–Trinajstić information content (AvgIpc) is 4.15. The second-order valence-corrected chi connectivity index (χ2v) is 16.2. The van der Waals surface area contributed by atoms with E-state index in [0.717, 1.165) is 113 Å². The predicted molar refractivity (Wildman–Crippen MR) is 259 cm³/mol. The van der Waals surface area contributed by atoms with Crippen LogP contribution >= 0.6 is 0 Å². The molecule has 10 aromatic rings. The van der Waals surface area contributed by atoms with Gasteiger partial charge in [-0.05, 0) is 182 Å². The summed E-state index contributed by atoms with van der Waals surface area (Å²) in [5.74, 6) is 0. The molecule has 6 nitrogen and oxygen atoms in total. The van der Waals surface area contributed by atoms with E-state index in [2.05, 4.69) is 252 Å². The van der Waals surface area contributed by atoms with E-state index in [1.165, 1.54) is 0 Å². The van der Waals surface area contributed by atoms with Crippen LogP contribution in [0.1, 0.15) is 22.8 Å². The molecule has 10 rings (SSSR count). The van der Waals surface area contributed by atoms with Crippen molar-refractivity contribution in [2.24, 2.45) is 0 Å². The van der Waals surface area contributed by atoms with Crippen LogP contribution in [0.25, 0.3) is 56.2 Å². The van der Waals surface area contributed by atoms with E-state index in [1.807, 2.05) is 0 Å². The zero-order valence-corrected chi connectivity index (χ0v) is 35.4. The fraction of sp³-hybridized carbons (Fsp3) is 0.0714. The Morgan fingerprint density at radius 3 is 0.548 bits per heavy atom. The minimum Gasteiger partial charge on any atom is -0.359 e. The summed E-state index contributed by atoms with van der Waals surface area (Å²) < 4.78 is 0. The van der Waals surface area contributed by atoms with Crippen molar-refractivity contribution in [2.45, 2.75) is 27.7 Å². The molecule has 0 saturated heterocycles. The van der Waals surface area contributed by atoms with Crippen LogP contribution in [0, 0.1) is 27.7 Å². The minimum atomic E-state index is 1.08. The first-order valence-electron chi connectivity index (χ1n) is 21.2. The molecule has 0 spiro atoms. The first-order valence-corrected chi connectivity index (χ1v) is 21.2. The van der Waals surface area contributed by atoms with Gasteiger partial charge >= 0.3 is 0 Å². The van der Waals surface area contributed by atoms with Gasteiger partial charge in [-0.1, -0.05) is 72.8 Å². The smallest absolute Gasteiger partial charge is 0.0462 e. The van der Waals surface area contributed by atoms with Gasteiger partial charge in [0, 0.05) is 79.7 Å². The molecule has 6 aromatic carbocycles. The SMILES string of the molecule is Cc1ccc(-c2ccc(N(c3ccc(-c4ccc(N(c5ccc(-c6ccc(C)[nH]6)cc5)c5ccc(-c6ccc(C)[nH]6)cc5)cc4)cc3)c3ccc(-c4ccc(C)[nH]4)cc3)cc2)[nH]1. The van der Waals surface area contributed by atoms with E-state index >= 15 is 0 Å². The number of hydrogen-bond acceptors (Lipinski definition) is 2. The molecule has 62 heavy (non-hydrogen) atoms. The van der Waals surface area contributed by atoms with Gasteiger partial charge in [0.1, 0.15) is 0 Å². The maximum absolute atomic E-state index is 3.47. The Morgan fingerprint density at radius 1 is 0.210 bits per heavy atom. The number of hydrogen-bond donors (Lipinski definition) is 4. The number of H-pyrrole nitrogens is 4. The summed E-state index contributed by atoms with van der Waals surface area (Å²) in [5, 5.41) is 0. The third-order valence-electron chi connectivity index (χ3n) is 11.7. The number of aromatic nitrogens is 4. The van der Waals surface area contributed by atoms with Crippen LogP contribution in [0.3, 0.4) is 0 Å². The van der Waals surface area contributed by atoms with Crippen LogP contribution < -0.4 is 9.80 Å². The maximum atomic E-state index is 3.47. The standard InChI is InChI=1S/C56H48N6/c1-37-5-33-53(57-37)43-13-25-49(26-14-43)61(50-27-15-44(16-28-50)54-34-6-38(2)58-54)47-21-9-41(10-22-47)42-11-23-48(24-12-42)62(51-29-17-45(18-30-51)55-35-7-39(3)59-55)52-31-19-46(20-32-52)56-36-8-40(4)60-56/h5-36,57-60H,1-4H3. The van der Waals surface area contributed by atoms with Crippen LogP contribution in [0.15, 0.2) is 194 Å². The highest BCUT2D eigenvalue weighted by molar-refractivity contribution is 5.83. The molecule has 4 aromatic heterocycles. The van der Waals surface area contributed by atoms with Gasteiger partial charge in [-0.15, -0.1) is 0 Å². The van der Waals surface area contributed by atoms with E-state index in [-0.39, 0.29) is 0 Å². The highest BCUT2D eigenvalue weighted by Crippen LogP contribution is 2.40. The van der Waals surface area contributed by atoms with Gasteiger partial charge in [-0.3, -0.25) is 0 Å². The molecule has 0 saturated carbocycles. The molecule has 0 aliphatic heterocycles. The molecular weight excluding hydrogens is 757 g/mol. The lowest BCUT2D eigenvalue weighted by Gasteiger charge is -2.26. The molecule has 0 unspecified atom stereocenters. The number of benzene rings is 6. The predicted octanol–water partition coefficient (Wildman–Crippen LogP) is 15.5. The zero-order valence-electron chi connectivity index (χ0n) is 35.4. The van der Waals surface area contributed by atoms with E-state index < -0.39 is 0 Å². The lowest BCUT2D eigenvalue weighted by molar-refractivity contribution is 1.25. The van der Waals surface area contributed by atoms with Crippen LogP contribution in [0.4, 0.5) is 34.1 Å². The molecule has 0 fully saturated rings. The summed E-state index contributed by atoms with van der Waals surface area (Å²) in [6, 6.07) is 70.0. The number of anilines is 6. The Morgan fingerprint density at radius 2 is 0.387 bits per heavy atom. The first kappa shape index (κ1) is 38.3. The van der Waals surface area contributed by atoms with Crippen molar-refractivity contribution in [1.82, 2.24) is 19.9 Å². The van der Waals surface area contributed by atoms with Crippen molar-refractivity contribution in [3.05, 3.63) is 217 Å². The molecule has 6 heteroatoms. The van der Waals surface area contributed by atoms with E-state index in [9.17, 15) is 0 Å². The van der Waals surface area contributed by atoms with Crippen molar-refractivity contribution in [3.63, 3.8) is 0 Å². The third kappa shape index (κ3) is 7.78. The number of nitrogens with one attached hydrogen (secondary N) is 4. The van der Waals surface area contributed by atoms with Crippen LogP contribution in [-0.2, 0) is 0 Å². The topological polar surface area (TPSA) is 69.6 Å². The van der Waals surface area contributed by atoms with Crippen LogP contribution in [-0.4, -0.2) is 19.9 Å². The molecular formula is C56H48N6. The monoisotopic (exact) mass is 804 g/mol. The molecule has 302 valence electrons. The summed E-state index contributed by atoms with van der Waals surface area (Å²) >= 11 is 0. The molecule has 0 aliphatic carbocycles. The Balaban J connectivity index is 0.958. The lowest BCUT2D eigenvalue weighted by Crippen LogP contribution is -2.10. The Kier molecular flexibility index (Phi) is 10.0. The number of aryl methyl sites for hydroxylation is 4. The summed E-state index contributed by atoms with van der Waals surface area (Å²) in [4.78, 5) is 18.5. The molecule has 0 radical (unpaired) electrons. The minimum absolute atomic E-state index is 1.08. The lowest BCUT2D eigenvalue weighted by atomic mass is 10.0. The van der Waals surface area contributed by atoms with Gasteiger partial charge in [-0.25, -0.2) is 0 Å². The molecule has 0 aliphatic rings. The van der Waals surface area contributed by atoms with E-state index in [4.69, 9.17) is 0 Å². The van der Waals surface area contributed by atoms with Gasteiger partial charge in [0.05, 0.1) is 0 Å². The molecule has 0 amide bonds. The van der Waals surface area contributed by atoms with Crippen LogP contribution in [0.2, 0.25) is 0 Å². The Hall–Kier alpha value is -7.96. The Labute approximate surface area is 363 Å². The van der Waals surface area contributed by atoms with Crippen molar-refractivity contribution in [1.29, 1.82) is 0 Å². The quantitative estimate of drug-likeness (QED) is 0.105. The molecule has 4 heterocycles. The maximum Gasteiger partial charge on any atom is 0.0462 e.